The number of carbonyl (C=O) groups excluding carboxylic acids is 1. The van der Waals surface area contributed by atoms with E-state index in [2.05, 4.69) is 5.32 Å². The fraction of sp³-hybridized carbons (Fsp3) is 0.467. The number of hydrogen-bond acceptors (Lipinski definition) is 2. The Kier molecular flexibility index (Phi) is 3.97. The van der Waals surface area contributed by atoms with E-state index in [0.29, 0.717) is 13.0 Å². The number of urea groups is 1. The van der Waals surface area contributed by atoms with Gasteiger partial charge in [-0.05, 0) is 50.5 Å². The van der Waals surface area contributed by atoms with Gasteiger partial charge in [0.25, 0.3) is 0 Å². The Bertz CT molecular complexity index is 542. The van der Waals surface area contributed by atoms with E-state index in [4.69, 9.17) is 5.11 Å². The van der Waals surface area contributed by atoms with Crippen molar-refractivity contribution in [1.82, 2.24) is 4.90 Å². The van der Waals surface area contributed by atoms with Gasteiger partial charge in [0, 0.05) is 18.3 Å². The Morgan fingerprint density at radius 2 is 2.00 bits per heavy atom. The summed E-state index contributed by atoms with van der Waals surface area (Å²) >= 11 is 0. The third kappa shape index (κ3) is 2.76. The molecule has 1 saturated heterocycles. The van der Waals surface area contributed by atoms with Gasteiger partial charge in [-0.15, -0.1) is 0 Å². The van der Waals surface area contributed by atoms with Crippen molar-refractivity contribution in [2.75, 3.05) is 11.9 Å². The van der Waals surface area contributed by atoms with Gasteiger partial charge in [-0.2, -0.15) is 0 Å². The molecule has 2 unspecified atom stereocenters. The number of hydrogen-bond donors (Lipinski definition) is 2. The van der Waals surface area contributed by atoms with E-state index in [9.17, 15) is 9.59 Å². The van der Waals surface area contributed by atoms with Gasteiger partial charge in [-0.3, -0.25) is 4.79 Å². The quantitative estimate of drug-likeness (QED) is 0.872. The van der Waals surface area contributed by atoms with Crippen molar-refractivity contribution in [3.63, 3.8) is 0 Å². The number of carboxylic acid groups (broad SMARTS) is 1. The van der Waals surface area contributed by atoms with E-state index in [1.807, 2.05) is 32.0 Å². The van der Waals surface area contributed by atoms with Crippen LogP contribution in [0.5, 0.6) is 0 Å². The maximum absolute atomic E-state index is 12.2. The van der Waals surface area contributed by atoms with Gasteiger partial charge >= 0.3 is 12.0 Å². The Hall–Kier alpha value is -2.04. The monoisotopic (exact) mass is 276 g/mol. The van der Waals surface area contributed by atoms with Crippen molar-refractivity contribution >= 4 is 17.7 Å². The number of benzene rings is 1. The number of aliphatic carboxylic acids is 1. The van der Waals surface area contributed by atoms with Crippen LogP contribution in [0.4, 0.5) is 10.5 Å². The summed E-state index contributed by atoms with van der Waals surface area (Å²) in [6, 6.07) is 5.22. The molecular formula is C15H20N2O3. The number of rotatable bonds is 2. The number of nitrogens with zero attached hydrogens (tertiary/aromatic N) is 1. The highest BCUT2D eigenvalue weighted by Crippen LogP contribution is 2.25. The predicted octanol–water partition coefficient (Wildman–Crippen LogP) is 2.63. The molecule has 1 aromatic rings. The van der Waals surface area contributed by atoms with Crippen LogP contribution in [0, 0.1) is 19.8 Å². The zero-order valence-corrected chi connectivity index (χ0v) is 12.0. The second-order valence-electron chi connectivity index (χ2n) is 5.40. The Balaban J connectivity index is 2.05. The molecule has 5 heteroatoms. The number of carboxylic acids is 1. The molecule has 0 saturated carbocycles. The van der Waals surface area contributed by atoms with Crippen LogP contribution in [-0.2, 0) is 4.79 Å². The molecule has 1 fully saturated rings. The highest BCUT2D eigenvalue weighted by molar-refractivity contribution is 5.90. The molecule has 2 amide bonds. The van der Waals surface area contributed by atoms with Crippen molar-refractivity contribution < 1.29 is 14.7 Å². The third-order valence-corrected chi connectivity index (χ3v) is 4.09. The molecule has 0 spiro atoms. The molecule has 1 aliphatic heterocycles. The Morgan fingerprint density at radius 3 is 2.55 bits per heavy atom. The Labute approximate surface area is 118 Å². The molecule has 0 bridgehead atoms. The molecule has 2 atom stereocenters. The lowest BCUT2D eigenvalue weighted by Crippen LogP contribution is -2.40. The summed E-state index contributed by atoms with van der Waals surface area (Å²) in [5.41, 5.74) is 3.02. The van der Waals surface area contributed by atoms with E-state index in [0.717, 1.165) is 11.3 Å². The van der Waals surface area contributed by atoms with Crippen molar-refractivity contribution in [3.8, 4) is 0 Å². The predicted molar refractivity (Wildman–Crippen MR) is 76.8 cm³/mol. The highest BCUT2D eigenvalue weighted by Gasteiger charge is 2.38. The zero-order valence-electron chi connectivity index (χ0n) is 12.0. The normalized spacial score (nSPS) is 21.9. The van der Waals surface area contributed by atoms with Gasteiger partial charge in [0.05, 0.1) is 5.92 Å². The lowest BCUT2D eigenvalue weighted by atomic mass is 10.0. The van der Waals surface area contributed by atoms with Crippen molar-refractivity contribution in [2.24, 2.45) is 5.92 Å². The van der Waals surface area contributed by atoms with Gasteiger partial charge in [0.15, 0.2) is 0 Å². The number of carbonyl (C=O) groups is 2. The van der Waals surface area contributed by atoms with Crippen LogP contribution in [0.3, 0.4) is 0 Å². The molecule has 0 aromatic heterocycles. The molecule has 2 N–H and O–H groups in total. The number of likely N-dealkylation sites (tertiary alicyclic amines) is 1. The molecular weight excluding hydrogens is 256 g/mol. The lowest BCUT2D eigenvalue weighted by Gasteiger charge is -2.23. The van der Waals surface area contributed by atoms with E-state index in [1.54, 1.807) is 11.8 Å². The summed E-state index contributed by atoms with van der Waals surface area (Å²) in [6.45, 7) is 6.27. The maximum Gasteiger partial charge on any atom is 0.322 e. The average molecular weight is 276 g/mol. The standard InChI is InChI=1S/C15H20N2O3/c1-9-4-5-12(8-10(9)2)16-15(20)17-7-6-13(11(17)3)14(18)19/h4-5,8,11,13H,6-7H2,1-3H3,(H,16,20)(H,18,19). The fourth-order valence-electron chi connectivity index (χ4n) is 2.57. The molecule has 108 valence electrons. The number of amides is 2. The topological polar surface area (TPSA) is 69.6 Å². The van der Waals surface area contributed by atoms with Gasteiger partial charge in [0.2, 0.25) is 0 Å². The fourth-order valence-corrected chi connectivity index (χ4v) is 2.57. The van der Waals surface area contributed by atoms with E-state index < -0.39 is 11.9 Å². The van der Waals surface area contributed by atoms with Gasteiger partial charge in [-0.25, -0.2) is 4.79 Å². The van der Waals surface area contributed by atoms with Gasteiger partial charge in [-0.1, -0.05) is 6.07 Å². The second kappa shape index (κ2) is 5.53. The van der Waals surface area contributed by atoms with E-state index in [1.165, 1.54) is 5.56 Å². The maximum atomic E-state index is 12.2. The minimum absolute atomic E-state index is 0.232. The summed E-state index contributed by atoms with van der Waals surface area (Å²) in [4.78, 5) is 24.9. The summed E-state index contributed by atoms with van der Waals surface area (Å²) in [5.74, 6) is -1.31. The largest absolute Gasteiger partial charge is 0.481 e. The molecule has 0 aliphatic carbocycles. The van der Waals surface area contributed by atoms with Crippen LogP contribution in [0.1, 0.15) is 24.5 Å². The molecule has 5 nitrogen and oxygen atoms in total. The van der Waals surface area contributed by atoms with E-state index >= 15 is 0 Å². The first-order chi connectivity index (χ1) is 9.40. The van der Waals surface area contributed by atoms with Gasteiger partial charge < -0.3 is 15.3 Å². The number of aryl methyl sites for hydroxylation is 2. The molecule has 2 rings (SSSR count). The number of nitrogens with one attached hydrogen (secondary N) is 1. The first-order valence-corrected chi connectivity index (χ1v) is 6.78. The smallest absolute Gasteiger partial charge is 0.322 e. The minimum atomic E-state index is -0.834. The minimum Gasteiger partial charge on any atom is -0.481 e. The van der Waals surface area contributed by atoms with Crippen LogP contribution >= 0.6 is 0 Å². The van der Waals surface area contributed by atoms with Crippen LogP contribution in [0.15, 0.2) is 18.2 Å². The van der Waals surface area contributed by atoms with Crippen LogP contribution in [0.25, 0.3) is 0 Å². The van der Waals surface area contributed by atoms with Crippen molar-refractivity contribution in [2.45, 2.75) is 33.2 Å². The summed E-state index contributed by atoms with van der Waals surface area (Å²) in [6.07, 6.45) is 0.511. The SMILES string of the molecule is Cc1ccc(NC(=O)N2CCC(C(=O)O)C2C)cc1C. The molecule has 1 aromatic carbocycles. The van der Waals surface area contributed by atoms with Crippen molar-refractivity contribution in [3.05, 3.63) is 29.3 Å². The first kappa shape index (κ1) is 14.4. The molecule has 0 radical (unpaired) electrons. The first-order valence-electron chi connectivity index (χ1n) is 6.78. The summed E-state index contributed by atoms with van der Waals surface area (Å²) in [7, 11) is 0. The van der Waals surface area contributed by atoms with E-state index in [-0.39, 0.29) is 12.1 Å². The van der Waals surface area contributed by atoms with Gasteiger partial charge in [0.1, 0.15) is 0 Å². The third-order valence-electron chi connectivity index (χ3n) is 4.09. The highest BCUT2D eigenvalue weighted by atomic mass is 16.4. The Morgan fingerprint density at radius 1 is 1.30 bits per heavy atom. The van der Waals surface area contributed by atoms with Crippen LogP contribution in [0.2, 0.25) is 0 Å². The van der Waals surface area contributed by atoms with Crippen LogP contribution in [-0.4, -0.2) is 34.6 Å². The molecule has 1 heterocycles. The van der Waals surface area contributed by atoms with Crippen LogP contribution < -0.4 is 5.32 Å². The average Bonchev–Trinajstić information content (AvgIpc) is 2.76. The zero-order chi connectivity index (χ0) is 14.9. The summed E-state index contributed by atoms with van der Waals surface area (Å²) in [5, 5.41) is 11.9. The lowest BCUT2D eigenvalue weighted by molar-refractivity contribution is -0.142. The molecule has 20 heavy (non-hydrogen) atoms. The van der Waals surface area contributed by atoms with Crippen molar-refractivity contribution in [1.29, 1.82) is 0 Å². The summed E-state index contributed by atoms with van der Waals surface area (Å²) < 4.78 is 0. The molecule has 1 aliphatic rings. The second-order valence-corrected chi connectivity index (χ2v) is 5.40. The number of anilines is 1.